The molecule has 0 spiro atoms. The van der Waals surface area contributed by atoms with Crippen LogP contribution in [0.5, 0.6) is 0 Å². The van der Waals surface area contributed by atoms with Gasteiger partial charge in [0, 0.05) is 24.4 Å². The molecule has 1 heterocycles. The zero-order valence-corrected chi connectivity index (χ0v) is 13.3. The molecule has 0 amide bonds. The minimum atomic E-state index is -0.314. The second-order valence-electron chi connectivity index (χ2n) is 5.04. The average Bonchev–Trinajstić information content (AvgIpc) is 2.40. The number of rotatable bonds is 4. The van der Waals surface area contributed by atoms with E-state index in [0.29, 0.717) is 21.8 Å². The molecule has 0 radical (unpaired) electrons. The van der Waals surface area contributed by atoms with Crippen LogP contribution in [0.2, 0.25) is 0 Å². The highest BCUT2D eigenvalue weighted by molar-refractivity contribution is 9.10. The van der Waals surface area contributed by atoms with Crippen molar-refractivity contribution in [1.29, 1.82) is 0 Å². The Morgan fingerprint density at radius 1 is 1.25 bits per heavy atom. The lowest BCUT2D eigenvalue weighted by molar-refractivity contribution is 0.621. The highest BCUT2D eigenvalue weighted by Crippen LogP contribution is 2.24. The first-order valence-corrected chi connectivity index (χ1v) is 7.30. The van der Waals surface area contributed by atoms with Crippen LogP contribution in [0.1, 0.15) is 19.5 Å². The molecule has 0 aliphatic heterocycles. The van der Waals surface area contributed by atoms with Crippen molar-refractivity contribution in [3.05, 3.63) is 40.2 Å². The van der Waals surface area contributed by atoms with Crippen LogP contribution in [0.25, 0.3) is 11.4 Å². The summed E-state index contributed by atoms with van der Waals surface area (Å²) in [6.45, 7) is 4.28. The van der Waals surface area contributed by atoms with Gasteiger partial charge < -0.3 is 5.32 Å². The third-order valence-corrected chi connectivity index (χ3v) is 3.47. The molecular formula is C15H17BrFN3. The summed E-state index contributed by atoms with van der Waals surface area (Å²) in [6.07, 6.45) is 0.864. The Labute approximate surface area is 126 Å². The number of nitrogens with zero attached hydrogens (tertiary/aromatic N) is 2. The lowest BCUT2D eigenvalue weighted by atomic mass is 10.1. The molecule has 0 fully saturated rings. The SMILES string of the molecule is CNc1cc(CC(C)C)nc(-c2ccc(Br)c(F)c2)n1. The molecule has 0 aliphatic carbocycles. The number of anilines is 1. The van der Waals surface area contributed by atoms with Gasteiger partial charge in [0.2, 0.25) is 0 Å². The fourth-order valence-electron chi connectivity index (χ4n) is 1.91. The van der Waals surface area contributed by atoms with Crippen LogP contribution >= 0.6 is 15.9 Å². The van der Waals surface area contributed by atoms with Gasteiger partial charge in [0.05, 0.1) is 4.47 Å². The van der Waals surface area contributed by atoms with Gasteiger partial charge in [-0.05, 0) is 46.5 Å². The van der Waals surface area contributed by atoms with E-state index in [4.69, 9.17) is 0 Å². The molecular weight excluding hydrogens is 321 g/mol. The number of hydrogen-bond acceptors (Lipinski definition) is 3. The van der Waals surface area contributed by atoms with Crippen LogP contribution in [0.3, 0.4) is 0 Å². The molecule has 0 bridgehead atoms. The van der Waals surface area contributed by atoms with Crippen molar-refractivity contribution in [2.24, 2.45) is 5.92 Å². The summed E-state index contributed by atoms with van der Waals surface area (Å²) in [5.74, 6) is 1.48. The standard InChI is InChI=1S/C15H17BrFN3/c1-9(2)6-11-8-14(18-3)20-15(19-11)10-4-5-12(16)13(17)7-10/h4-5,7-9H,6H2,1-3H3,(H,18,19,20). The van der Waals surface area contributed by atoms with Crippen LogP contribution in [0.4, 0.5) is 10.2 Å². The number of nitrogens with one attached hydrogen (secondary N) is 1. The Kier molecular flexibility index (Phi) is 4.70. The van der Waals surface area contributed by atoms with Gasteiger partial charge >= 0.3 is 0 Å². The second-order valence-corrected chi connectivity index (χ2v) is 5.90. The molecule has 0 atom stereocenters. The number of hydrogen-bond donors (Lipinski definition) is 1. The van der Waals surface area contributed by atoms with Gasteiger partial charge in [0.15, 0.2) is 5.82 Å². The van der Waals surface area contributed by atoms with Gasteiger partial charge in [0.25, 0.3) is 0 Å². The van der Waals surface area contributed by atoms with Gasteiger partial charge in [-0.25, -0.2) is 14.4 Å². The Morgan fingerprint density at radius 2 is 2.00 bits per heavy atom. The minimum absolute atomic E-state index is 0.314. The van der Waals surface area contributed by atoms with Crippen molar-refractivity contribution >= 4 is 21.7 Å². The van der Waals surface area contributed by atoms with E-state index in [-0.39, 0.29) is 5.82 Å². The minimum Gasteiger partial charge on any atom is -0.373 e. The summed E-state index contributed by atoms with van der Waals surface area (Å²) in [5, 5.41) is 3.02. The maximum Gasteiger partial charge on any atom is 0.161 e. The van der Waals surface area contributed by atoms with E-state index in [2.05, 4.69) is 45.1 Å². The fourth-order valence-corrected chi connectivity index (χ4v) is 2.16. The van der Waals surface area contributed by atoms with Gasteiger partial charge in [0.1, 0.15) is 11.6 Å². The molecule has 2 aromatic rings. The zero-order valence-electron chi connectivity index (χ0n) is 11.7. The first kappa shape index (κ1) is 14.9. The van der Waals surface area contributed by atoms with Crippen molar-refractivity contribution in [3.63, 3.8) is 0 Å². The molecule has 1 N–H and O–H groups in total. The molecule has 0 unspecified atom stereocenters. The lowest BCUT2D eigenvalue weighted by Crippen LogP contribution is -2.04. The molecule has 0 aliphatic rings. The Hall–Kier alpha value is -1.49. The molecule has 2 rings (SSSR count). The smallest absolute Gasteiger partial charge is 0.161 e. The first-order chi connectivity index (χ1) is 9.49. The third-order valence-electron chi connectivity index (χ3n) is 2.83. The molecule has 20 heavy (non-hydrogen) atoms. The normalized spacial score (nSPS) is 10.9. The van der Waals surface area contributed by atoms with Crippen LogP contribution in [-0.4, -0.2) is 17.0 Å². The topological polar surface area (TPSA) is 37.8 Å². The number of aromatic nitrogens is 2. The van der Waals surface area contributed by atoms with Gasteiger partial charge in [-0.1, -0.05) is 13.8 Å². The summed E-state index contributed by atoms with van der Waals surface area (Å²) in [4.78, 5) is 8.93. The van der Waals surface area contributed by atoms with Crippen molar-refractivity contribution in [3.8, 4) is 11.4 Å². The number of benzene rings is 1. The summed E-state index contributed by atoms with van der Waals surface area (Å²) in [5.41, 5.74) is 1.63. The van der Waals surface area contributed by atoms with Gasteiger partial charge in [-0.15, -0.1) is 0 Å². The highest BCUT2D eigenvalue weighted by atomic mass is 79.9. The van der Waals surface area contributed by atoms with Crippen molar-refractivity contribution in [1.82, 2.24) is 9.97 Å². The van der Waals surface area contributed by atoms with Crippen LogP contribution in [0, 0.1) is 11.7 Å². The second kappa shape index (κ2) is 6.31. The molecule has 3 nitrogen and oxygen atoms in total. The fraction of sp³-hybridized carbons (Fsp3) is 0.333. The third kappa shape index (κ3) is 3.54. The maximum atomic E-state index is 13.6. The van der Waals surface area contributed by atoms with Crippen molar-refractivity contribution in [2.75, 3.05) is 12.4 Å². The molecule has 1 aromatic carbocycles. The molecule has 106 valence electrons. The zero-order chi connectivity index (χ0) is 14.7. The van der Waals surface area contributed by atoms with E-state index < -0.39 is 0 Å². The van der Waals surface area contributed by atoms with E-state index >= 15 is 0 Å². The first-order valence-electron chi connectivity index (χ1n) is 6.50. The molecule has 5 heteroatoms. The highest BCUT2D eigenvalue weighted by Gasteiger charge is 2.10. The predicted molar refractivity (Wildman–Crippen MR) is 83.2 cm³/mol. The van der Waals surface area contributed by atoms with E-state index in [1.165, 1.54) is 6.07 Å². The Bertz CT molecular complexity index is 614. The van der Waals surface area contributed by atoms with Crippen LogP contribution < -0.4 is 5.32 Å². The average molecular weight is 338 g/mol. The largest absolute Gasteiger partial charge is 0.373 e. The van der Waals surface area contributed by atoms with E-state index in [9.17, 15) is 4.39 Å². The van der Waals surface area contributed by atoms with Crippen LogP contribution in [0.15, 0.2) is 28.7 Å². The lowest BCUT2D eigenvalue weighted by Gasteiger charge is -2.10. The Morgan fingerprint density at radius 3 is 2.60 bits per heavy atom. The summed E-state index contributed by atoms with van der Waals surface area (Å²) >= 11 is 3.15. The van der Waals surface area contributed by atoms with Crippen LogP contribution in [-0.2, 0) is 6.42 Å². The quantitative estimate of drug-likeness (QED) is 0.904. The monoisotopic (exact) mass is 337 g/mol. The van der Waals surface area contributed by atoms with Gasteiger partial charge in [-0.3, -0.25) is 0 Å². The van der Waals surface area contributed by atoms with E-state index in [1.54, 1.807) is 12.1 Å². The molecule has 0 saturated heterocycles. The molecule has 1 aromatic heterocycles. The van der Waals surface area contributed by atoms with Gasteiger partial charge in [-0.2, -0.15) is 0 Å². The van der Waals surface area contributed by atoms with E-state index in [1.807, 2.05) is 13.1 Å². The number of halogens is 2. The van der Waals surface area contributed by atoms with E-state index in [0.717, 1.165) is 17.9 Å². The van der Waals surface area contributed by atoms with Crippen molar-refractivity contribution < 1.29 is 4.39 Å². The Balaban J connectivity index is 2.46. The molecule has 0 saturated carbocycles. The summed E-state index contributed by atoms with van der Waals surface area (Å²) < 4.78 is 14.1. The summed E-state index contributed by atoms with van der Waals surface area (Å²) in [6, 6.07) is 6.85. The summed E-state index contributed by atoms with van der Waals surface area (Å²) in [7, 11) is 1.81. The predicted octanol–water partition coefficient (Wildman–Crippen LogP) is 4.29. The maximum absolute atomic E-state index is 13.6. The van der Waals surface area contributed by atoms with Crippen molar-refractivity contribution in [2.45, 2.75) is 20.3 Å².